The van der Waals surface area contributed by atoms with Crippen molar-refractivity contribution in [1.82, 2.24) is 20.0 Å². The van der Waals surface area contributed by atoms with E-state index in [4.69, 9.17) is 0 Å². The van der Waals surface area contributed by atoms with E-state index in [0.29, 0.717) is 12.6 Å². The number of amides is 1. The average molecular weight is 262 g/mol. The van der Waals surface area contributed by atoms with Gasteiger partial charge in [-0.15, -0.1) is 0 Å². The first kappa shape index (κ1) is 12.7. The highest BCUT2D eigenvalue weighted by atomic mass is 16.2. The Hall–Kier alpha value is -1.36. The van der Waals surface area contributed by atoms with Crippen LogP contribution in [0.15, 0.2) is 12.4 Å². The monoisotopic (exact) mass is 262 g/mol. The lowest BCUT2D eigenvalue weighted by Crippen LogP contribution is -2.37. The van der Waals surface area contributed by atoms with Crippen molar-refractivity contribution in [2.24, 2.45) is 13.0 Å². The number of likely N-dealkylation sites (tertiary alicyclic amines) is 1. The number of carbonyl (C=O) groups excluding carboxylic acids is 1. The van der Waals surface area contributed by atoms with Crippen molar-refractivity contribution in [3.05, 3.63) is 18.0 Å². The second-order valence-electron chi connectivity index (χ2n) is 5.82. The zero-order valence-corrected chi connectivity index (χ0v) is 11.5. The SMILES string of the molecule is Cn1cc([C@H]2CCCN2CC(=O)NCC2CC2)cn1. The minimum absolute atomic E-state index is 0.169. The number of nitrogens with zero attached hydrogens (tertiary/aromatic N) is 3. The number of hydrogen-bond acceptors (Lipinski definition) is 3. The molecule has 2 fully saturated rings. The highest BCUT2D eigenvalue weighted by Crippen LogP contribution is 2.31. The first-order chi connectivity index (χ1) is 9.22. The first-order valence-electron chi connectivity index (χ1n) is 7.21. The van der Waals surface area contributed by atoms with Crippen molar-refractivity contribution in [2.45, 2.75) is 31.7 Å². The second-order valence-corrected chi connectivity index (χ2v) is 5.82. The molecule has 1 aliphatic heterocycles. The standard InChI is InChI=1S/C14H22N4O/c1-17-9-12(8-16-17)13-3-2-6-18(13)10-14(19)15-7-11-4-5-11/h8-9,11,13H,2-7,10H2,1H3,(H,15,19)/t13-/m1/s1. The summed E-state index contributed by atoms with van der Waals surface area (Å²) in [4.78, 5) is 14.2. The Kier molecular flexibility index (Phi) is 3.55. The first-order valence-corrected chi connectivity index (χ1v) is 7.21. The fourth-order valence-corrected chi connectivity index (χ4v) is 2.83. The molecule has 3 rings (SSSR count). The molecule has 104 valence electrons. The maximum absolute atomic E-state index is 11.9. The largest absolute Gasteiger partial charge is 0.355 e. The molecule has 0 bridgehead atoms. The van der Waals surface area contributed by atoms with Gasteiger partial charge in [-0.25, -0.2) is 0 Å². The Labute approximate surface area is 114 Å². The molecule has 0 unspecified atom stereocenters. The number of carbonyl (C=O) groups is 1. The topological polar surface area (TPSA) is 50.2 Å². The van der Waals surface area contributed by atoms with Crippen LogP contribution >= 0.6 is 0 Å². The number of nitrogens with one attached hydrogen (secondary N) is 1. The minimum Gasteiger partial charge on any atom is -0.355 e. The Bertz CT molecular complexity index is 452. The van der Waals surface area contributed by atoms with Gasteiger partial charge in [-0.1, -0.05) is 0 Å². The fourth-order valence-electron chi connectivity index (χ4n) is 2.83. The minimum atomic E-state index is 0.169. The van der Waals surface area contributed by atoms with Crippen LogP contribution in [0.3, 0.4) is 0 Å². The summed E-state index contributed by atoms with van der Waals surface area (Å²) in [7, 11) is 1.94. The molecule has 1 aromatic rings. The van der Waals surface area contributed by atoms with Gasteiger partial charge in [0.15, 0.2) is 0 Å². The lowest BCUT2D eigenvalue weighted by molar-refractivity contribution is -0.122. The van der Waals surface area contributed by atoms with Gasteiger partial charge in [-0.05, 0) is 38.1 Å². The molecule has 0 radical (unpaired) electrons. The second kappa shape index (κ2) is 5.33. The zero-order valence-electron chi connectivity index (χ0n) is 11.5. The van der Waals surface area contributed by atoms with Gasteiger partial charge in [-0.3, -0.25) is 14.4 Å². The molecule has 2 heterocycles. The van der Waals surface area contributed by atoms with Crippen molar-refractivity contribution < 1.29 is 4.79 Å². The van der Waals surface area contributed by atoms with Crippen LogP contribution in [-0.2, 0) is 11.8 Å². The molecule has 1 N–H and O–H groups in total. The molecule has 1 saturated carbocycles. The van der Waals surface area contributed by atoms with E-state index in [1.165, 1.54) is 18.4 Å². The van der Waals surface area contributed by atoms with Crippen molar-refractivity contribution in [3.63, 3.8) is 0 Å². The van der Waals surface area contributed by atoms with E-state index in [0.717, 1.165) is 31.8 Å². The molecular weight excluding hydrogens is 240 g/mol. The molecule has 1 amide bonds. The predicted octanol–water partition coefficient (Wildman–Crippen LogP) is 1.08. The van der Waals surface area contributed by atoms with E-state index in [9.17, 15) is 4.79 Å². The van der Waals surface area contributed by atoms with Crippen LogP contribution in [-0.4, -0.2) is 40.2 Å². The van der Waals surface area contributed by atoms with Crippen LogP contribution < -0.4 is 5.32 Å². The van der Waals surface area contributed by atoms with E-state index in [1.54, 1.807) is 0 Å². The lowest BCUT2D eigenvalue weighted by Gasteiger charge is -2.22. The van der Waals surface area contributed by atoms with Crippen molar-refractivity contribution in [2.75, 3.05) is 19.6 Å². The number of aromatic nitrogens is 2. The van der Waals surface area contributed by atoms with E-state index < -0.39 is 0 Å². The molecule has 1 aliphatic carbocycles. The molecule has 5 heteroatoms. The Morgan fingerprint density at radius 3 is 3.00 bits per heavy atom. The van der Waals surface area contributed by atoms with Gasteiger partial charge < -0.3 is 5.32 Å². The summed E-state index contributed by atoms with van der Waals surface area (Å²) in [6, 6.07) is 0.361. The Balaban J connectivity index is 1.55. The van der Waals surface area contributed by atoms with Crippen LogP contribution in [0.1, 0.15) is 37.3 Å². The van der Waals surface area contributed by atoms with E-state index in [2.05, 4.69) is 21.5 Å². The van der Waals surface area contributed by atoms with E-state index in [-0.39, 0.29) is 5.91 Å². The molecule has 1 atom stereocenters. The normalized spacial score (nSPS) is 23.7. The van der Waals surface area contributed by atoms with Crippen LogP contribution in [0.25, 0.3) is 0 Å². The lowest BCUT2D eigenvalue weighted by atomic mass is 10.1. The van der Waals surface area contributed by atoms with Gasteiger partial charge in [0.2, 0.25) is 5.91 Å². The molecule has 0 spiro atoms. The van der Waals surface area contributed by atoms with Gasteiger partial charge in [0.25, 0.3) is 0 Å². The highest BCUT2D eigenvalue weighted by Gasteiger charge is 2.29. The van der Waals surface area contributed by atoms with Crippen LogP contribution in [0.4, 0.5) is 0 Å². The van der Waals surface area contributed by atoms with E-state index >= 15 is 0 Å². The predicted molar refractivity (Wildman–Crippen MR) is 72.5 cm³/mol. The van der Waals surface area contributed by atoms with Crippen molar-refractivity contribution in [1.29, 1.82) is 0 Å². The summed E-state index contributed by atoms with van der Waals surface area (Å²) >= 11 is 0. The molecule has 0 aromatic carbocycles. The third-order valence-corrected chi connectivity index (χ3v) is 4.10. The maximum atomic E-state index is 11.9. The molecule has 19 heavy (non-hydrogen) atoms. The maximum Gasteiger partial charge on any atom is 0.234 e. The van der Waals surface area contributed by atoms with Crippen LogP contribution in [0.2, 0.25) is 0 Å². The van der Waals surface area contributed by atoms with Gasteiger partial charge >= 0.3 is 0 Å². The smallest absolute Gasteiger partial charge is 0.234 e. The molecule has 2 aliphatic rings. The summed E-state index contributed by atoms with van der Waals surface area (Å²) in [5.74, 6) is 0.916. The fraction of sp³-hybridized carbons (Fsp3) is 0.714. The summed E-state index contributed by atoms with van der Waals surface area (Å²) in [6.45, 7) is 2.40. The quantitative estimate of drug-likeness (QED) is 0.864. The number of aryl methyl sites for hydroxylation is 1. The van der Waals surface area contributed by atoms with Gasteiger partial charge in [0.1, 0.15) is 0 Å². The Morgan fingerprint density at radius 2 is 2.32 bits per heavy atom. The number of rotatable bonds is 5. The van der Waals surface area contributed by atoms with Crippen molar-refractivity contribution >= 4 is 5.91 Å². The van der Waals surface area contributed by atoms with Gasteiger partial charge in [-0.2, -0.15) is 5.10 Å². The van der Waals surface area contributed by atoms with Crippen molar-refractivity contribution in [3.8, 4) is 0 Å². The summed E-state index contributed by atoms with van der Waals surface area (Å²) < 4.78 is 1.83. The van der Waals surface area contributed by atoms with Crippen LogP contribution in [0, 0.1) is 5.92 Å². The Morgan fingerprint density at radius 1 is 1.47 bits per heavy atom. The zero-order chi connectivity index (χ0) is 13.2. The molecular formula is C14H22N4O. The summed E-state index contributed by atoms with van der Waals surface area (Å²) in [5.41, 5.74) is 1.23. The summed E-state index contributed by atoms with van der Waals surface area (Å²) in [5, 5.41) is 7.28. The van der Waals surface area contributed by atoms with E-state index in [1.807, 2.05) is 17.9 Å². The van der Waals surface area contributed by atoms with Gasteiger partial charge in [0.05, 0.1) is 12.7 Å². The third-order valence-electron chi connectivity index (χ3n) is 4.10. The molecule has 1 aromatic heterocycles. The number of hydrogen-bond donors (Lipinski definition) is 1. The summed E-state index contributed by atoms with van der Waals surface area (Å²) in [6.07, 6.45) is 8.83. The average Bonchev–Trinajstić information content (AvgIpc) is 2.95. The molecule has 5 nitrogen and oxygen atoms in total. The third kappa shape index (κ3) is 3.15. The molecule has 1 saturated heterocycles. The van der Waals surface area contributed by atoms with Crippen LogP contribution in [0.5, 0.6) is 0 Å². The highest BCUT2D eigenvalue weighted by molar-refractivity contribution is 5.78. The van der Waals surface area contributed by atoms with Gasteiger partial charge in [0, 0.05) is 31.4 Å².